The Morgan fingerprint density at radius 2 is 1.94 bits per heavy atom. The van der Waals surface area contributed by atoms with Crippen molar-refractivity contribution in [1.82, 2.24) is 0 Å². The zero-order chi connectivity index (χ0) is 13.3. The van der Waals surface area contributed by atoms with Gasteiger partial charge < -0.3 is 14.7 Å². The number of nitrogens with zero attached hydrogens (tertiary/aromatic N) is 1. The SMILES string of the molecule is COc1ccc(N2C(=O)[C@H](O)[C@@H]2C=C(C)C)cc1. The smallest absolute Gasteiger partial charge is 0.258 e. The van der Waals surface area contributed by atoms with E-state index >= 15 is 0 Å². The van der Waals surface area contributed by atoms with E-state index in [-0.39, 0.29) is 11.9 Å². The summed E-state index contributed by atoms with van der Waals surface area (Å²) in [5, 5.41) is 9.70. The molecule has 1 N–H and O–H groups in total. The highest BCUT2D eigenvalue weighted by Gasteiger charge is 2.45. The summed E-state index contributed by atoms with van der Waals surface area (Å²) in [7, 11) is 1.60. The second kappa shape index (κ2) is 4.82. The molecule has 1 aliphatic heterocycles. The van der Waals surface area contributed by atoms with Crippen LogP contribution in [0.4, 0.5) is 5.69 Å². The first kappa shape index (κ1) is 12.6. The second-order valence-electron chi connectivity index (χ2n) is 4.59. The van der Waals surface area contributed by atoms with Crippen LogP contribution in [0.15, 0.2) is 35.9 Å². The van der Waals surface area contributed by atoms with Crippen LogP contribution in [-0.4, -0.2) is 30.3 Å². The zero-order valence-electron chi connectivity index (χ0n) is 10.8. The fourth-order valence-corrected chi connectivity index (χ4v) is 2.04. The number of ether oxygens (including phenoxy) is 1. The summed E-state index contributed by atoms with van der Waals surface area (Å²) in [6, 6.07) is 6.96. The van der Waals surface area contributed by atoms with Gasteiger partial charge in [0.2, 0.25) is 0 Å². The van der Waals surface area contributed by atoms with Crippen molar-refractivity contribution in [3.8, 4) is 5.75 Å². The van der Waals surface area contributed by atoms with Crippen molar-refractivity contribution in [3.05, 3.63) is 35.9 Å². The maximum atomic E-state index is 11.7. The Hall–Kier alpha value is -1.81. The van der Waals surface area contributed by atoms with E-state index in [1.54, 1.807) is 24.1 Å². The van der Waals surface area contributed by atoms with E-state index in [1.807, 2.05) is 32.1 Å². The Bertz CT molecular complexity index is 474. The summed E-state index contributed by atoms with van der Waals surface area (Å²) < 4.78 is 5.08. The monoisotopic (exact) mass is 247 g/mol. The van der Waals surface area contributed by atoms with E-state index in [0.717, 1.165) is 17.0 Å². The standard InChI is InChI=1S/C14H17NO3/c1-9(2)8-12-13(16)14(17)15(12)10-4-6-11(18-3)7-5-10/h4-8,12-13,16H,1-3H3/t12-,13+/m0/s1. The molecule has 0 bridgehead atoms. The minimum Gasteiger partial charge on any atom is -0.497 e. The molecule has 0 radical (unpaired) electrons. The maximum absolute atomic E-state index is 11.7. The lowest BCUT2D eigenvalue weighted by atomic mass is 9.95. The van der Waals surface area contributed by atoms with Gasteiger partial charge in [0.05, 0.1) is 13.2 Å². The third-order valence-electron chi connectivity index (χ3n) is 2.97. The molecule has 96 valence electrons. The molecule has 0 spiro atoms. The average Bonchev–Trinajstić information content (AvgIpc) is 2.38. The molecular formula is C14H17NO3. The molecule has 0 aliphatic carbocycles. The van der Waals surface area contributed by atoms with E-state index in [0.29, 0.717) is 0 Å². The van der Waals surface area contributed by atoms with Crippen molar-refractivity contribution in [2.45, 2.75) is 26.0 Å². The summed E-state index contributed by atoms with van der Waals surface area (Å²) in [4.78, 5) is 13.3. The Balaban J connectivity index is 2.25. The number of allylic oxidation sites excluding steroid dienone is 1. The normalized spacial score (nSPS) is 22.4. The summed E-state index contributed by atoms with van der Waals surface area (Å²) in [6.07, 6.45) is 0.970. The van der Waals surface area contributed by atoms with Crippen molar-refractivity contribution < 1.29 is 14.6 Å². The lowest BCUT2D eigenvalue weighted by Gasteiger charge is -2.43. The number of rotatable bonds is 3. The first-order valence-electron chi connectivity index (χ1n) is 5.85. The number of methoxy groups -OCH3 is 1. The van der Waals surface area contributed by atoms with Gasteiger partial charge in [0.1, 0.15) is 5.75 Å². The molecule has 0 unspecified atom stereocenters. The van der Waals surface area contributed by atoms with Crippen molar-refractivity contribution in [1.29, 1.82) is 0 Å². The minimum atomic E-state index is -0.929. The van der Waals surface area contributed by atoms with Crippen LogP contribution in [0, 0.1) is 0 Å². The van der Waals surface area contributed by atoms with E-state index < -0.39 is 6.10 Å². The number of carbonyl (C=O) groups is 1. The first-order chi connectivity index (χ1) is 8.54. The van der Waals surface area contributed by atoms with Crippen LogP contribution in [0.25, 0.3) is 0 Å². The predicted octanol–water partition coefficient (Wildman–Crippen LogP) is 1.74. The van der Waals surface area contributed by atoms with Gasteiger partial charge in [-0.1, -0.05) is 11.6 Å². The van der Waals surface area contributed by atoms with E-state index in [4.69, 9.17) is 4.74 Å². The number of β-lactam (4-membered cyclic amide) rings is 1. The van der Waals surface area contributed by atoms with Crippen molar-refractivity contribution in [3.63, 3.8) is 0 Å². The quantitative estimate of drug-likeness (QED) is 0.654. The highest BCUT2D eigenvalue weighted by molar-refractivity contribution is 6.05. The maximum Gasteiger partial charge on any atom is 0.258 e. The van der Waals surface area contributed by atoms with Gasteiger partial charge in [0.15, 0.2) is 6.10 Å². The van der Waals surface area contributed by atoms with E-state index in [1.165, 1.54) is 0 Å². The van der Waals surface area contributed by atoms with Crippen LogP contribution in [-0.2, 0) is 4.79 Å². The molecule has 1 aromatic rings. The number of aliphatic hydroxyl groups is 1. The largest absolute Gasteiger partial charge is 0.497 e. The molecule has 2 atom stereocenters. The number of amides is 1. The van der Waals surface area contributed by atoms with Crippen molar-refractivity contribution in [2.24, 2.45) is 0 Å². The number of hydrogen-bond acceptors (Lipinski definition) is 3. The van der Waals surface area contributed by atoms with Gasteiger partial charge >= 0.3 is 0 Å². The minimum absolute atomic E-state index is 0.261. The molecule has 1 aliphatic rings. The second-order valence-corrected chi connectivity index (χ2v) is 4.59. The van der Waals surface area contributed by atoms with Gasteiger partial charge in [-0.3, -0.25) is 4.79 Å². The summed E-state index contributed by atoms with van der Waals surface area (Å²) in [6.45, 7) is 3.89. The Labute approximate surface area is 106 Å². The van der Waals surface area contributed by atoms with Gasteiger partial charge in [0.25, 0.3) is 5.91 Å². The van der Waals surface area contributed by atoms with Crippen molar-refractivity contribution in [2.75, 3.05) is 12.0 Å². The Kier molecular flexibility index (Phi) is 3.39. The van der Waals surface area contributed by atoms with Gasteiger partial charge in [-0.15, -0.1) is 0 Å². The number of anilines is 1. The number of hydrogen-bond donors (Lipinski definition) is 1. The lowest BCUT2D eigenvalue weighted by Crippen LogP contribution is -2.64. The van der Waals surface area contributed by atoms with E-state index in [9.17, 15) is 9.90 Å². The highest BCUT2D eigenvalue weighted by atomic mass is 16.5. The molecule has 2 rings (SSSR count). The van der Waals surface area contributed by atoms with E-state index in [2.05, 4.69) is 0 Å². The molecule has 1 aromatic carbocycles. The van der Waals surface area contributed by atoms with Crippen LogP contribution < -0.4 is 9.64 Å². The topological polar surface area (TPSA) is 49.8 Å². The van der Waals surface area contributed by atoms with Crippen molar-refractivity contribution >= 4 is 11.6 Å². The van der Waals surface area contributed by atoms with Gasteiger partial charge in [0, 0.05) is 5.69 Å². The van der Waals surface area contributed by atoms with Crippen LogP contribution in [0.2, 0.25) is 0 Å². The molecule has 1 fully saturated rings. The molecule has 18 heavy (non-hydrogen) atoms. The average molecular weight is 247 g/mol. The summed E-state index contributed by atoms with van der Waals surface area (Å²) >= 11 is 0. The fraction of sp³-hybridized carbons (Fsp3) is 0.357. The first-order valence-corrected chi connectivity index (χ1v) is 5.85. The molecule has 4 nitrogen and oxygen atoms in total. The van der Waals surface area contributed by atoms with Crippen LogP contribution in [0.3, 0.4) is 0 Å². The molecule has 0 aromatic heterocycles. The van der Waals surface area contributed by atoms with Crippen LogP contribution in [0.5, 0.6) is 5.75 Å². The molecule has 1 saturated heterocycles. The fourth-order valence-electron chi connectivity index (χ4n) is 2.04. The highest BCUT2D eigenvalue weighted by Crippen LogP contribution is 2.30. The summed E-state index contributed by atoms with van der Waals surface area (Å²) in [5.74, 6) is 0.480. The predicted molar refractivity (Wildman–Crippen MR) is 69.7 cm³/mol. The molecule has 1 heterocycles. The number of carbonyl (C=O) groups excluding carboxylic acids is 1. The number of benzene rings is 1. The molecule has 4 heteroatoms. The van der Waals surface area contributed by atoms with Crippen LogP contribution >= 0.6 is 0 Å². The summed E-state index contributed by atoms with van der Waals surface area (Å²) in [5.41, 5.74) is 1.85. The van der Waals surface area contributed by atoms with Gasteiger partial charge in [-0.25, -0.2) is 0 Å². The lowest BCUT2D eigenvalue weighted by molar-refractivity contribution is -0.135. The van der Waals surface area contributed by atoms with Gasteiger partial charge in [-0.2, -0.15) is 0 Å². The molecular weight excluding hydrogens is 230 g/mol. The third-order valence-corrected chi connectivity index (χ3v) is 2.97. The van der Waals surface area contributed by atoms with Gasteiger partial charge in [-0.05, 0) is 38.1 Å². The zero-order valence-corrected chi connectivity index (χ0v) is 10.8. The molecule has 1 amide bonds. The third kappa shape index (κ3) is 2.11. The molecule has 0 saturated carbocycles. The Morgan fingerprint density at radius 1 is 1.33 bits per heavy atom. The van der Waals surface area contributed by atoms with Crippen LogP contribution in [0.1, 0.15) is 13.8 Å². The Morgan fingerprint density at radius 3 is 2.44 bits per heavy atom. The number of aliphatic hydroxyl groups excluding tert-OH is 1.